The van der Waals surface area contributed by atoms with Crippen LogP contribution >= 0.6 is 11.6 Å². The molecule has 0 radical (unpaired) electrons. The summed E-state index contributed by atoms with van der Waals surface area (Å²) >= 11 is 5.08. The van der Waals surface area contributed by atoms with E-state index in [4.69, 9.17) is 21.8 Å². The molecule has 100 valence electrons. The highest BCUT2D eigenvalue weighted by Crippen LogP contribution is 2.05. The molecule has 4 unspecified atom stereocenters. The Morgan fingerprint density at radius 1 is 1.12 bits per heavy atom. The Morgan fingerprint density at radius 3 is 2.06 bits per heavy atom. The largest absolute Gasteiger partial charge is 0.394 e. The molecule has 0 aliphatic heterocycles. The normalized spacial score (nSPS) is 18.0. The Bertz CT molecular complexity index is 275. The first-order valence-electron chi connectivity index (χ1n) is 4.58. The van der Waals surface area contributed by atoms with Gasteiger partial charge >= 0.3 is 0 Å². The Morgan fingerprint density at radius 2 is 1.65 bits per heavy atom. The van der Waals surface area contributed by atoms with Crippen molar-refractivity contribution in [3.8, 4) is 0 Å². The van der Waals surface area contributed by atoms with E-state index in [0.29, 0.717) is 0 Å². The topological polar surface area (TPSA) is 147 Å². The zero-order valence-corrected chi connectivity index (χ0v) is 9.41. The molecule has 0 aliphatic rings. The van der Waals surface area contributed by atoms with Gasteiger partial charge in [-0.3, -0.25) is 14.9 Å². The molecule has 0 aromatic heterocycles. The highest BCUT2D eigenvalue weighted by molar-refractivity contribution is 6.28. The predicted octanol–water partition coefficient (Wildman–Crippen LogP) is -3.70. The molecule has 17 heavy (non-hydrogen) atoms. The quantitative estimate of drug-likeness (QED) is 0.272. The van der Waals surface area contributed by atoms with Gasteiger partial charge in [0.25, 0.3) is 5.91 Å². The van der Waals surface area contributed by atoms with Crippen molar-refractivity contribution >= 4 is 23.4 Å². The van der Waals surface area contributed by atoms with Crippen molar-refractivity contribution in [3.05, 3.63) is 0 Å². The number of aliphatic hydroxyl groups excluding tert-OH is 5. The number of rotatable bonds is 6. The van der Waals surface area contributed by atoms with Gasteiger partial charge in [0.05, 0.1) is 6.61 Å². The third-order valence-corrected chi connectivity index (χ3v) is 2.15. The van der Waals surface area contributed by atoms with Crippen LogP contribution in [0.3, 0.4) is 0 Å². The van der Waals surface area contributed by atoms with Gasteiger partial charge in [0.15, 0.2) is 6.10 Å². The molecule has 0 heterocycles. The smallest absolute Gasteiger partial charge is 0.258 e. The third kappa shape index (κ3) is 4.94. The predicted molar refractivity (Wildman–Crippen MR) is 55.0 cm³/mol. The van der Waals surface area contributed by atoms with Gasteiger partial charge in [-0.2, -0.15) is 0 Å². The first kappa shape index (κ1) is 16.2. The van der Waals surface area contributed by atoms with Crippen LogP contribution in [0.5, 0.6) is 0 Å². The summed E-state index contributed by atoms with van der Waals surface area (Å²) in [5.74, 6) is -2.68. The maximum Gasteiger partial charge on any atom is 0.258 e. The molecule has 0 aromatic rings. The van der Waals surface area contributed by atoms with Crippen LogP contribution in [0.25, 0.3) is 0 Å². The lowest BCUT2D eigenvalue weighted by molar-refractivity contribution is -0.150. The zero-order chi connectivity index (χ0) is 13.6. The maximum atomic E-state index is 11.1. The summed E-state index contributed by atoms with van der Waals surface area (Å²) in [6.45, 7) is -0.868. The number of carbonyl (C=O) groups excluding carboxylic acids is 2. The Labute approximate surface area is 101 Å². The van der Waals surface area contributed by atoms with Crippen molar-refractivity contribution in [1.29, 1.82) is 0 Å². The van der Waals surface area contributed by atoms with E-state index in [9.17, 15) is 24.9 Å². The molecule has 4 atom stereocenters. The number of imide groups is 1. The molecule has 2 amide bonds. The maximum absolute atomic E-state index is 11.1. The van der Waals surface area contributed by atoms with Gasteiger partial charge in [0.1, 0.15) is 24.2 Å². The van der Waals surface area contributed by atoms with Crippen molar-refractivity contribution in [2.24, 2.45) is 0 Å². The van der Waals surface area contributed by atoms with Gasteiger partial charge in [-0.05, 0) is 0 Å². The molecule has 0 aliphatic carbocycles. The second-order valence-corrected chi connectivity index (χ2v) is 3.49. The number of hydrogen-bond donors (Lipinski definition) is 6. The molecular weight excluding hydrogens is 258 g/mol. The van der Waals surface area contributed by atoms with Gasteiger partial charge in [-0.15, -0.1) is 11.6 Å². The second kappa shape index (κ2) is 7.54. The van der Waals surface area contributed by atoms with Gasteiger partial charge < -0.3 is 25.5 Å². The fraction of sp³-hybridized carbons (Fsp3) is 0.750. The van der Waals surface area contributed by atoms with E-state index in [-0.39, 0.29) is 0 Å². The van der Waals surface area contributed by atoms with Crippen LogP contribution in [-0.4, -0.2) is 74.2 Å². The summed E-state index contributed by atoms with van der Waals surface area (Å²) < 4.78 is 0. The minimum absolute atomic E-state index is 0.517. The lowest BCUT2D eigenvalue weighted by atomic mass is 10.0. The number of halogens is 1. The second-order valence-electron chi connectivity index (χ2n) is 3.22. The minimum atomic E-state index is -2.14. The Hall–Kier alpha value is -0.770. The van der Waals surface area contributed by atoms with Crippen molar-refractivity contribution < 1.29 is 35.1 Å². The lowest BCUT2D eigenvalue weighted by Crippen LogP contribution is -2.52. The van der Waals surface area contributed by atoms with Gasteiger partial charge in [-0.1, -0.05) is 0 Å². The number of aliphatic hydroxyl groups is 5. The molecule has 0 fully saturated rings. The highest BCUT2D eigenvalue weighted by Gasteiger charge is 2.34. The fourth-order valence-corrected chi connectivity index (χ4v) is 0.989. The van der Waals surface area contributed by atoms with E-state index in [0.717, 1.165) is 0 Å². The summed E-state index contributed by atoms with van der Waals surface area (Å²) in [6.07, 6.45) is -7.86. The van der Waals surface area contributed by atoms with Crippen LogP contribution in [0.4, 0.5) is 0 Å². The summed E-state index contributed by atoms with van der Waals surface area (Å²) in [5.41, 5.74) is 0. The molecule has 0 saturated heterocycles. The minimum Gasteiger partial charge on any atom is -0.394 e. The average molecular weight is 272 g/mol. The number of nitrogens with one attached hydrogen (secondary N) is 1. The molecule has 0 saturated carbocycles. The molecule has 6 N–H and O–H groups in total. The van der Waals surface area contributed by atoms with Gasteiger partial charge in [-0.25, -0.2) is 0 Å². The van der Waals surface area contributed by atoms with E-state index < -0.39 is 48.7 Å². The van der Waals surface area contributed by atoms with Crippen LogP contribution < -0.4 is 5.32 Å². The van der Waals surface area contributed by atoms with Crippen molar-refractivity contribution in [3.63, 3.8) is 0 Å². The standard InChI is InChI=1S/C8H14ClNO7/c9-1-4(13)10-8(17)7(16)6(15)5(14)3(12)2-11/h3,5-7,11-12,14-16H,1-2H2,(H,10,13,17). The average Bonchev–Trinajstić information content (AvgIpc) is 2.34. The SMILES string of the molecule is O=C(CCl)NC(=O)C(O)C(O)C(O)C(O)CO. The van der Waals surface area contributed by atoms with Crippen LogP contribution in [0.15, 0.2) is 0 Å². The van der Waals surface area contributed by atoms with Crippen molar-refractivity contribution in [1.82, 2.24) is 5.32 Å². The Balaban J connectivity index is 4.43. The first-order valence-corrected chi connectivity index (χ1v) is 5.11. The van der Waals surface area contributed by atoms with Crippen LogP contribution in [-0.2, 0) is 9.59 Å². The molecule has 0 spiro atoms. The fourth-order valence-electron chi connectivity index (χ4n) is 0.922. The molecular formula is C8H14ClNO7. The molecule has 0 rings (SSSR count). The first-order chi connectivity index (χ1) is 7.84. The summed E-state index contributed by atoms with van der Waals surface area (Å²) in [7, 11) is 0. The van der Waals surface area contributed by atoms with E-state index in [1.54, 1.807) is 5.32 Å². The highest BCUT2D eigenvalue weighted by atomic mass is 35.5. The number of carbonyl (C=O) groups is 2. The zero-order valence-electron chi connectivity index (χ0n) is 8.65. The van der Waals surface area contributed by atoms with Crippen molar-refractivity contribution in [2.45, 2.75) is 24.4 Å². The number of amides is 2. The van der Waals surface area contributed by atoms with Crippen LogP contribution in [0.1, 0.15) is 0 Å². The van der Waals surface area contributed by atoms with Crippen molar-refractivity contribution in [2.75, 3.05) is 12.5 Å². The molecule has 8 nitrogen and oxygen atoms in total. The van der Waals surface area contributed by atoms with E-state index in [2.05, 4.69) is 0 Å². The third-order valence-electron chi connectivity index (χ3n) is 1.91. The molecule has 9 heteroatoms. The van der Waals surface area contributed by atoms with E-state index in [1.807, 2.05) is 0 Å². The Kier molecular flexibility index (Phi) is 7.19. The summed E-state index contributed by atoms with van der Waals surface area (Å²) in [4.78, 5) is 21.8. The summed E-state index contributed by atoms with van der Waals surface area (Å²) in [6, 6.07) is 0. The van der Waals surface area contributed by atoms with E-state index >= 15 is 0 Å². The molecule has 0 aromatic carbocycles. The van der Waals surface area contributed by atoms with Crippen LogP contribution in [0, 0.1) is 0 Å². The van der Waals surface area contributed by atoms with Gasteiger partial charge in [0, 0.05) is 0 Å². The number of alkyl halides is 1. The molecule has 0 bridgehead atoms. The monoisotopic (exact) mass is 271 g/mol. The lowest BCUT2D eigenvalue weighted by Gasteiger charge is -2.24. The summed E-state index contributed by atoms with van der Waals surface area (Å²) in [5, 5.41) is 46.8. The van der Waals surface area contributed by atoms with E-state index in [1.165, 1.54) is 0 Å². The van der Waals surface area contributed by atoms with Gasteiger partial charge in [0.2, 0.25) is 5.91 Å². The van der Waals surface area contributed by atoms with Crippen LogP contribution in [0.2, 0.25) is 0 Å². The number of hydrogen-bond acceptors (Lipinski definition) is 7.